The molecular weight excluding hydrogens is 200 g/mol. The van der Waals surface area contributed by atoms with Crippen LogP contribution in [-0.2, 0) is 9.53 Å². The van der Waals surface area contributed by atoms with Gasteiger partial charge in [0.05, 0.1) is 12.8 Å². The molecule has 0 aromatic carbocycles. The van der Waals surface area contributed by atoms with Crippen LogP contribution in [0.3, 0.4) is 0 Å². The van der Waals surface area contributed by atoms with E-state index >= 15 is 0 Å². The van der Waals surface area contributed by atoms with Crippen LogP contribution in [0.4, 0.5) is 5.82 Å². The fraction of sp³-hybridized carbons (Fsp3) is 0.375. The van der Waals surface area contributed by atoms with E-state index in [4.69, 9.17) is 5.73 Å². The van der Waals surface area contributed by atoms with Crippen molar-refractivity contribution in [3.05, 3.63) is 11.8 Å². The summed E-state index contributed by atoms with van der Waals surface area (Å²) in [6.45, 7) is 1.79. The van der Waals surface area contributed by atoms with Crippen LogP contribution >= 0.6 is 0 Å². The highest BCUT2D eigenvalue weighted by molar-refractivity contribution is 5.99. The largest absolute Gasteiger partial charge is 0.465 e. The number of carbonyl (C=O) groups is 2. The number of carbonyl (C=O) groups excluding carboxylic acids is 2. The molecule has 0 saturated carbocycles. The standard InChI is InChI=1S/C8H12N4O3/c1-2-15-6(13)4-10-8(14)5-3-11-12-7(5)9/h3H,2,4H2,1H3,(H,10,14)(H3,9,11,12). The Hall–Kier alpha value is -2.05. The minimum atomic E-state index is -0.493. The molecule has 15 heavy (non-hydrogen) atoms. The average molecular weight is 212 g/mol. The minimum Gasteiger partial charge on any atom is -0.465 e. The molecule has 82 valence electrons. The lowest BCUT2D eigenvalue weighted by atomic mass is 10.3. The quantitative estimate of drug-likeness (QED) is 0.571. The van der Waals surface area contributed by atoms with Crippen LogP contribution in [0.5, 0.6) is 0 Å². The number of rotatable bonds is 4. The number of hydrogen-bond donors (Lipinski definition) is 3. The van der Waals surface area contributed by atoms with E-state index in [0.29, 0.717) is 0 Å². The fourth-order valence-corrected chi connectivity index (χ4v) is 0.937. The lowest BCUT2D eigenvalue weighted by molar-refractivity contribution is -0.141. The summed E-state index contributed by atoms with van der Waals surface area (Å²) in [6, 6.07) is 0. The molecule has 4 N–H and O–H groups in total. The van der Waals surface area contributed by atoms with Gasteiger partial charge in [0.1, 0.15) is 17.9 Å². The first-order chi connectivity index (χ1) is 7.15. The molecule has 1 heterocycles. The molecule has 1 rings (SSSR count). The van der Waals surface area contributed by atoms with Crippen molar-refractivity contribution in [3.63, 3.8) is 0 Å². The second-order valence-corrected chi connectivity index (χ2v) is 2.69. The number of nitrogens with zero attached hydrogens (tertiary/aromatic N) is 1. The van der Waals surface area contributed by atoms with Gasteiger partial charge < -0.3 is 15.8 Å². The first kappa shape index (κ1) is 11.0. The smallest absolute Gasteiger partial charge is 0.325 e. The van der Waals surface area contributed by atoms with Crippen molar-refractivity contribution >= 4 is 17.7 Å². The van der Waals surface area contributed by atoms with Crippen molar-refractivity contribution < 1.29 is 14.3 Å². The number of nitrogen functional groups attached to an aromatic ring is 1. The number of nitrogens with one attached hydrogen (secondary N) is 2. The summed E-state index contributed by atoms with van der Waals surface area (Å²) in [6.07, 6.45) is 1.29. The van der Waals surface area contributed by atoms with Gasteiger partial charge in [0.2, 0.25) is 0 Å². The zero-order valence-electron chi connectivity index (χ0n) is 8.24. The van der Waals surface area contributed by atoms with Gasteiger partial charge >= 0.3 is 5.97 Å². The summed E-state index contributed by atoms with van der Waals surface area (Å²) in [4.78, 5) is 22.3. The SMILES string of the molecule is CCOC(=O)CNC(=O)c1cn[nH]c1N. The van der Waals surface area contributed by atoms with E-state index in [1.165, 1.54) is 6.20 Å². The third-order valence-corrected chi connectivity index (χ3v) is 1.61. The fourth-order valence-electron chi connectivity index (χ4n) is 0.937. The molecule has 0 bridgehead atoms. The molecular formula is C8H12N4O3. The van der Waals surface area contributed by atoms with E-state index in [-0.39, 0.29) is 24.5 Å². The normalized spacial score (nSPS) is 9.67. The van der Waals surface area contributed by atoms with Crippen molar-refractivity contribution in [2.75, 3.05) is 18.9 Å². The van der Waals surface area contributed by atoms with Gasteiger partial charge in [-0.3, -0.25) is 14.7 Å². The van der Waals surface area contributed by atoms with Crippen molar-refractivity contribution in [1.29, 1.82) is 0 Å². The summed E-state index contributed by atoms with van der Waals surface area (Å²) in [5.74, 6) is -0.793. The second-order valence-electron chi connectivity index (χ2n) is 2.69. The Balaban J connectivity index is 2.44. The summed E-state index contributed by atoms with van der Waals surface area (Å²) >= 11 is 0. The molecule has 0 radical (unpaired) electrons. The zero-order valence-corrected chi connectivity index (χ0v) is 8.24. The Morgan fingerprint density at radius 1 is 1.67 bits per heavy atom. The van der Waals surface area contributed by atoms with Gasteiger partial charge in [-0.05, 0) is 6.92 Å². The van der Waals surface area contributed by atoms with E-state index in [2.05, 4.69) is 20.3 Å². The van der Waals surface area contributed by atoms with Crippen molar-refractivity contribution in [2.24, 2.45) is 0 Å². The van der Waals surface area contributed by atoms with Gasteiger partial charge in [0.25, 0.3) is 5.91 Å². The number of H-pyrrole nitrogens is 1. The van der Waals surface area contributed by atoms with Gasteiger partial charge in [0.15, 0.2) is 0 Å². The van der Waals surface area contributed by atoms with E-state index in [9.17, 15) is 9.59 Å². The molecule has 0 saturated heterocycles. The molecule has 0 unspecified atom stereocenters. The number of hydrogen-bond acceptors (Lipinski definition) is 5. The molecule has 1 amide bonds. The van der Waals surface area contributed by atoms with Gasteiger partial charge in [-0.1, -0.05) is 0 Å². The first-order valence-electron chi connectivity index (χ1n) is 4.37. The number of esters is 1. The summed E-state index contributed by atoms with van der Waals surface area (Å²) < 4.78 is 4.63. The van der Waals surface area contributed by atoms with Gasteiger partial charge in [0, 0.05) is 0 Å². The molecule has 0 aliphatic carbocycles. The van der Waals surface area contributed by atoms with Gasteiger partial charge in [-0.15, -0.1) is 0 Å². The lowest BCUT2D eigenvalue weighted by Crippen LogP contribution is -2.30. The van der Waals surface area contributed by atoms with Crippen molar-refractivity contribution in [1.82, 2.24) is 15.5 Å². The van der Waals surface area contributed by atoms with E-state index in [1.807, 2.05) is 0 Å². The van der Waals surface area contributed by atoms with Crippen molar-refractivity contribution in [3.8, 4) is 0 Å². The maximum Gasteiger partial charge on any atom is 0.325 e. The van der Waals surface area contributed by atoms with Crippen LogP contribution in [-0.4, -0.2) is 35.2 Å². The van der Waals surface area contributed by atoms with E-state index in [1.54, 1.807) is 6.92 Å². The molecule has 0 atom stereocenters. The predicted molar refractivity (Wildman–Crippen MR) is 52.0 cm³/mol. The third-order valence-electron chi connectivity index (χ3n) is 1.61. The monoisotopic (exact) mass is 212 g/mol. The highest BCUT2D eigenvalue weighted by Gasteiger charge is 2.12. The second kappa shape index (κ2) is 4.99. The van der Waals surface area contributed by atoms with Crippen LogP contribution in [0.25, 0.3) is 0 Å². The predicted octanol–water partition coefficient (Wildman–Crippen LogP) is -0.715. The van der Waals surface area contributed by atoms with Gasteiger partial charge in [-0.2, -0.15) is 5.10 Å². The Labute approximate surface area is 86.0 Å². The number of aromatic nitrogens is 2. The van der Waals surface area contributed by atoms with Crippen LogP contribution in [0, 0.1) is 0 Å². The van der Waals surface area contributed by atoms with E-state index in [0.717, 1.165) is 0 Å². The molecule has 1 aromatic rings. The number of nitrogens with two attached hydrogens (primary N) is 1. The lowest BCUT2D eigenvalue weighted by Gasteiger charge is -2.03. The number of ether oxygens (including phenoxy) is 1. The maximum absolute atomic E-state index is 11.4. The minimum absolute atomic E-state index is 0.163. The van der Waals surface area contributed by atoms with Crippen molar-refractivity contribution in [2.45, 2.75) is 6.92 Å². The number of aromatic amines is 1. The highest BCUT2D eigenvalue weighted by Crippen LogP contribution is 2.04. The number of amides is 1. The van der Waals surface area contributed by atoms with Crippen LogP contribution in [0.1, 0.15) is 17.3 Å². The van der Waals surface area contributed by atoms with Gasteiger partial charge in [-0.25, -0.2) is 0 Å². The third kappa shape index (κ3) is 2.97. The summed E-state index contributed by atoms with van der Waals surface area (Å²) in [7, 11) is 0. The molecule has 0 aliphatic heterocycles. The summed E-state index contributed by atoms with van der Waals surface area (Å²) in [5.41, 5.74) is 5.62. The Bertz CT molecular complexity index is 361. The summed E-state index contributed by atoms with van der Waals surface area (Å²) in [5, 5.41) is 8.35. The molecule has 0 spiro atoms. The van der Waals surface area contributed by atoms with E-state index < -0.39 is 11.9 Å². The number of anilines is 1. The molecule has 0 aliphatic rings. The molecule has 1 aromatic heterocycles. The Kier molecular flexibility index (Phi) is 3.67. The zero-order chi connectivity index (χ0) is 11.3. The maximum atomic E-state index is 11.4. The molecule has 0 fully saturated rings. The highest BCUT2D eigenvalue weighted by atomic mass is 16.5. The molecule has 7 heteroatoms. The first-order valence-corrected chi connectivity index (χ1v) is 4.37. The van der Waals surface area contributed by atoms with Crippen LogP contribution < -0.4 is 11.1 Å². The Morgan fingerprint density at radius 3 is 2.93 bits per heavy atom. The van der Waals surface area contributed by atoms with Crippen LogP contribution in [0.2, 0.25) is 0 Å². The Morgan fingerprint density at radius 2 is 2.40 bits per heavy atom. The topological polar surface area (TPSA) is 110 Å². The average Bonchev–Trinajstić information content (AvgIpc) is 2.61. The molecule has 7 nitrogen and oxygen atoms in total. The van der Waals surface area contributed by atoms with Crippen LogP contribution in [0.15, 0.2) is 6.20 Å².